The molecular weight excluding hydrogens is 443 g/mol. The van der Waals surface area contributed by atoms with E-state index in [0.29, 0.717) is 0 Å². The van der Waals surface area contributed by atoms with Crippen molar-refractivity contribution in [3.63, 3.8) is 0 Å². The van der Waals surface area contributed by atoms with Gasteiger partial charge in [-0.2, -0.15) is 13.2 Å². The van der Waals surface area contributed by atoms with Crippen LogP contribution in [0.2, 0.25) is 0 Å². The van der Waals surface area contributed by atoms with Gasteiger partial charge in [-0.1, -0.05) is 36.4 Å². The molecule has 1 amide bonds. The van der Waals surface area contributed by atoms with Crippen LogP contribution in [0.3, 0.4) is 0 Å². The molecule has 0 aromatic heterocycles. The maximum absolute atomic E-state index is 13.3. The first-order valence-corrected chi connectivity index (χ1v) is 10.5. The third-order valence-electron chi connectivity index (χ3n) is 5.94. The molecule has 2 fully saturated rings. The van der Waals surface area contributed by atoms with Crippen LogP contribution in [0.25, 0.3) is 0 Å². The second-order valence-corrected chi connectivity index (χ2v) is 8.37. The summed E-state index contributed by atoms with van der Waals surface area (Å²) < 4.78 is 39.8. The fourth-order valence-electron chi connectivity index (χ4n) is 4.39. The number of hydrogen-bond acceptors (Lipinski definition) is 4. The minimum Gasteiger partial charge on any atom is -0.390 e. The number of aliphatic hydroxyl groups excluding tert-OH is 2. The van der Waals surface area contributed by atoms with Gasteiger partial charge in [0.2, 0.25) is 5.91 Å². The van der Waals surface area contributed by atoms with Crippen LogP contribution in [0.1, 0.15) is 17.5 Å². The Morgan fingerprint density at radius 1 is 1.16 bits per heavy atom. The Morgan fingerprint density at radius 3 is 2.56 bits per heavy atom. The molecule has 1 aliphatic heterocycles. The molecule has 4 rings (SSSR count). The van der Waals surface area contributed by atoms with E-state index in [9.17, 15) is 28.2 Å². The molecule has 1 aliphatic carbocycles. The average molecular weight is 465 g/mol. The molecule has 32 heavy (non-hydrogen) atoms. The number of thiocarbonyl (C=S) groups is 1. The van der Waals surface area contributed by atoms with Crippen molar-refractivity contribution in [2.75, 3.05) is 4.90 Å². The van der Waals surface area contributed by atoms with Gasteiger partial charge in [-0.25, -0.2) is 0 Å². The van der Waals surface area contributed by atoms with Crippen LogP contribution in [0.5, 0.6) is 0 Å². The van der Waals surface area contributed by atoms with Gasteiger partial charge in [0, 0.05) is 12.2 Å². The molecule has 1 saturated carbocycles. The second-order valence-electron chi connectivity index (χ2n) is 7.99. The fourth-order valence-corrected chi connectivity index (χ4v) is 4.75. The number of hydrogen-bond donors (Lipinski definition) is 4. The van der Waals surface area contributed by atoms with Crippen molar-refractivity contribution >= 4 is 28.9 Å². The lowest BCUT2D eigenvalue weighted by atomic mass is 9.77. The van der Waals surface area contributed by atoms with E-state index in [2.05, 4.69) is 10.6 Å². The van der Waals surface area contributed by atoms with Crippen molar-refractivity contribution in [3.05, 3.63) is 65.7 Å². The number of aliphatic hydroxyl groups is 2. The van der Waals surface area contributed by atoms with Crippen molar-refractivity contribution in [2.45, 2.75) is 43.4 Å². The van der Waals surface area contributed by atoms with Gasteiger partial charge in [0.25, 0.3) is 0 Å². The number of nitrogens with one attached hydrogen (secondary N) is 2. The molecule has 0 bridgehead atoms. The van der Waals surface area contributed by atoms with Crippen LogP contribution in [-0.4, -0.2) is 45.5 Å². The van der Waals surface area contributed by atoms with Crippen LogP contribution >= 0.6 is 12.2 Å². The largest absolute Gasteiger partial charge is 0.416 e. The summed E-state index contributed by atoms with van der Waals surface area (Å²) >= 11 is 5.36. The summed E-state index contributed by atoms with van der Waals surface area (Å²) in [5, 5.41) is 26.7. The number of carbonyl (C=O) groups excluding carboxylic acids is 1. The number of carbonyl (C=O) groups is 1. The van der Waals surface area contributed by atoms with Crippen LogP contribution in [0.4, 0.5) is 18.9 Å². The summed E-state index contributed by atoms with van der Waals surface area (Å²) in [6.07, 6.45) is -7.01. The number of alkyl halides is 3. The highest BCUT2D eigenvalue weighted by Crippen LogP contribution is 2.38. The first-order chi connectivity index (χ1) is 15.2. The number of benzene rings is 2. The zero-order chi connectivity index (χ0) is 23.0. The maximum atomic E-state index is 13.3. The predicted octanol–water partition coefficient (Wildman–Crippen LogP) is 2.20. The number of nitrogens with zero attached hydrogens (tertiary/aromatic N) is 1. The third kappa shape index (κ3) is 4.30. The minimum absolute atomic E-state index is 0.0529. The van der Waals surface area contributed by atoms with Gasteiger partial charge < -0.3 is 25.7 Å². The van der Waals surface area contributed by atoms with Gasteiger partial charge >= 0.3 is 6.18 Å². The number of anilines is 1. The van der Waals surface area contributed by atoms with E-state index >= 15 is 0 Å². The van der Waals surface area contributed by atoms with Crippen molar-refractivity contribution < 1.29 is 28.2 Å². The number of halogens is 3. The Bertz CT molecular complexity index is 1000. The highest BCUT2D eigenvalue weighted by atomic mass is 32.1. The minimum atomic E-state index is -4.54. The summed E-state index contributed by atoms with van der Waals surface area (Å²) in [5.74, 6) is -1.19. The lowest BCUT2D eigenvalue weighted by Gasteiger charge is -2.41. The van der Waals surface area contributed by atoms with Gasteiger partial charge in [-0.05, 0) is 42.4 Å². The molecule has 2 aliphatic rings. The molecule has 6 nitrogen and oxygen atoms in total. The number of fused-ring (bicyclic) bond motifs is 1. The number of amides is 1. The molecule has 170 valence electrons. The zero-order valence-corrected chi connectivity index (χ0v) is 17.6. The standard InChI is InChI=1S/C22H22F3N3O3S/c23-22(24,25)13-7-4-8-14(9-13)28-18-15(10-16(29)19(30)17(18)27-21(28)32)20(31)26-11-12-5-2-1-3-6-12/h1-9,15-19,29-30H,10-11H2,(H,26,31)(H,27,32). The first-order valence-electron chi connectivity index (χ1n) is 10.1. The molecule has 5 atom stereocenters. The van der Waals surface area contributed by atoms with Crippen molar-refractivity contribution in [1.29, 1.82) is 0 Å². The third-order valence-corrected chi connectivity index (χ3v) is 6.26. The lowest BCUT2D eigenvalue weighted by Crippen LogP contribution is -2.60. The van der Waals surface area contributed by atoms with Gasteiger partial charge in [0.05, 0.1) is 29.7 Å². The molecule has 10 heteroatoms. The van der Waals surface area contributed by atoms with Crippen molar-refractivity contribution in [3.8, 4) is 0 Å². The molecule has 1 saturated heterocycles. The zero-order valence-electron chi connectivity index (χ0n) is 16.8. The summed E-state index contributed by atoms with van der Waals surface area (Å²) in [6, 6.07) is 12.3. The molecular formula is C22H22F3N3O3S. The SMILES string of the molecule is O=C(NCc1ccccc1)C1CC(O)C(O)C2NC(=S)N(c3cccc(C(F)(F)F)c3)C12. The van der Waals surface area contributed by atoms with Crippen LogP contribution in [0, 0.1) is 5.92 Å². The van der Waals surface area contributed by atoms with Crippen molar-refractivity contribution in [1.82, 2.24) is 10.6 Å². The first kappa shape index (κ1) is 22.5. The molecule has 5 unspecified atom stereocenters. The smallest absolute Gasteiger partial charge is 0.390 e. The topological polar surface area (TPSA) is 84.8 Å². The molecule has 2 aromatic rings. The molecule has 0 radical (unpaired) electrons. The van der Waals surface area contributed by atoms with Gasteiger partial charge in [-0.3, -0.25) is 4.79 Å². The molecule has 4 N–H and O–H groups in total. The molecule has 2 aromatic carbocycles. The molecule has 1 heterocycles. The van der Waals surface area contributed by atoms with Crippen LogP contribution < -0.4 is 15.5 Å². The van der Waals surface area contributed by atoms with Crippen molar-refractivity contribution in [2.24, 2.45) is 5.92 Å². The van der Waals surface area contributed by atoms with E-state index in [1.54, 1.807) is 0 Å². The fraction of sp³-hybridized carbons (Fsp3) is 0.364. The van der Waals surface area contributed by atoms with Gasteiger partial charge in [0.15, 0.2) is 5.11 Å². The van der Waals surface area contributed by atoms with E-state index in [1.807, 2.05) is 30.3 Å². The Labute approximate surface area is 188 Å². The van der Waals surface area contributed by atoms with Gasteiger partial charge in [-0.15, -0.1) is 0 Å². The Morgan fingerprint density at radius 2 is 1.88 bits per heavy atom. The van der Waals surface area contributed by atoms with E-state index < -0.39 is 41.9 Å². The maximum Gasteiger partial charge on any atom is 0.416 e. The summed E-state index contributed by atoms with van der Waals surface area (Å²) in [5.41, 5.74) is 0.195. The summed E-state index contributed by atoms with van der Waals surface area (Å²) in [4.78, 5) is 14.5. The summed E-state index contributed by atoms with van der Waals surface area (Å²) in [7, 11) is 0. The number of rotatable bonds is 4. The highest BCUT2D eigenvalue weighted by molar-refractivity contribution is 7.80. The summed E-state index contributed by atoms with van der Waals surface area (Å²) in [6.45, 7) is 0.258. The second kappa shape index (κ2) is 8.68. The Hall–Kier alpha value is -2.69. The van der Waals surface area contributed by atoms with Crippen LogP contribution in [-0.2, 0) is 17.5 Å². The quantitative estimate of drug-likeness (QED) is 0.519. The normalized spacial score (nSPS) is 27.6. The lowest BCUT2D eigenvalue weighted by molar-refractivity contribution is -0.137. The van der Waals surface area contributed by atoms with E-state index in [4.69, 9.17) is 12.2 Å². The Balaban J connectivity index is 1.64. The predicted molar refractivity (Wildman–Crippen MR) is 116 cm³/mol. The highest BCUT2D eigenvalue weighted by Gasteiger charge is 2.54. The monoisotopic (exact) mass is 465 g/mol. The van der Waals surface area contributed by atoms with Crippen LogP contribution in [0.15, 0.2) is 54.6 Å². The van der Waals surface area contributed by atoms with E-state index in [-0.39, 0.29) is 29.7 Å². The van der Waals surface area contributed by atoms with E-state index in [1.165, 1.54) is 17.0 Å². The molecule has 0 spiro atoms. The van der Waals surface area contributed by atoms with Gasteiger partial charge in [0.1, 0.15) is 6.10 Å². The average Bonchev–Trinajstić information content (AvgIpc) is 3.12. The van der Waals surface area contributed by atoms with E-state index in [0.717, 1.165) is 17.7 Å². The Kier molecular flexibility index (Phi) is 6.11.